The molecule has 0 saturated heterocycles. The fourth-order valence-electron chi connectivity index (χ4n) is 1.84. The summed E-state index contributed by atoms with van der Waals surface area (Å²) in [6.45, 7) is 2.46. The van der Waals surface area contributed by atoms with Crippen molar-refractivity contribution in [2.45, 2.75) is 45.1 Å². The van der Waals surface area contributed by atoms with E-state index in [1.54, 1.807) is 6.92 Å². The Bertz CT molecular complexity index is 335. The number of aryl methyl sites for hydroxylation is 1. The number of carboxylic acid groups (broad SMARTS) is 1. The molecule has 0 radical (unpaired) electrons. The second kappa shape index (κ2) is 8.70. The second-order valence-corrected chi connectivity index (χ2v) is 4.58. The average molecular weight is 250 g/mol. The Morgan fingerprint density at radius 3 is 2.61 bits per heavy atom. The highest BCUT2D eigenvalue weighted by atomic mass is 16.5. The van der Waals surface area contributed by atoms with E-state index >= 15 is 0 Å². The summed E-state index contributed by atoms with van der Waals surface area (Å²) in [5.74, 6) is -0.799. The van der Waals surface area contributed by atoms with Gasteiger partial charge < -0.3 is 9.84 Å². The molecule has 0 bridgehead atoms. The summed E-state index contributed by atoms with van der Waals surface area (Å²) < 4.78 is 5.42. The van der Waals surface area contributed by atoms with Crippen molar-refractivity contribution in [3.05, 3.63) is 35.9 Å². The highest BCUT2D eigenvalue weighted by Crippen LogP contribution is 2.07. The van der Waals surface area contributed by atoms with Crippen LogP contribution >= 0.6 is 0 Å². The van der Waals surface area contributed by atoms with Crippen molar-refractivity contribution >= 4 is 5.97 Å². The molecule has 1 aromatic carbocycles. The van der Waals surface area contributed by atoms with E-state index in [1.807, 2.05) is 6.07 Å². The van der Waals surface area contributed by atoms with E-state index in [4.69, 9.17) is 9.84 Å². The van der Waals surface area contributed by atoms with Crippen LogP contribution in [-0.4, -0.2) is 23.8 Å². The first-order valence-electron chi connectivity index (χ1n) is 6.56. The van der Waals surface area contributed by atoms with E-state index in [0.717, 1.165) is 25.7 Å². The molecule has 18 heavy (non-hydrogen) atoms. The van der Waals surface area contributed by atoms with Gasteiger partial charge in [0.2, 0.25) is 0 Å². The van der Waals surface area contributed by atoms with Gasteiger partial charge in [-0.3, -0.25) is 4.79 Å². The molecule has 1 N–H and O–H groups in total. The van der Waals surface area contributed by atoms with Crippen molar-refractivity contribution in [2.75, 3.05) is 6.61 Å². The summed E-state index contributed by atoms with van der Waals surface area (Å²) in [7, 11) is 0. The number of carboxylic acids is 1. The van der Waals surface area contributed by atoms with Crippen LogP contribution in [0.3, 0.4) is 0 Å². The molecular formula is C15H22O3. The highest BCUT2D eigenvalue weighted by molar-refractivity contribution is 5.67. The molecule has 3 nitrogen and oxygen atoms in total. The summed E-state index contributed by atoms with van der Waals surface area (Å²) in [5.41, 5.74) is 1.37. The van der Waals surface area contributed by atoms with E-state index in [9.17, 15) is 4.79 Å². The van der Waals surface area contributed by atoms with Gasteiger partial charge in [-0.25, -0.2) is 0 Å². The van der Waals surface area contributed by atoms with E-state index in [1.165, 1.54) is 5.56 Å². The third kappa shape index (κ3) is 7.07. The lowest BCUT2D eigenvalue weighted by molar-refractivity contribution is -0.139. The normalized spacial score (nSPS) is 12.3. The number of rotatable bonds is 9. The zero-order chi connectivity index (χ0) is 13.2. The van der Waals surface area contributed by atoms with E-state index in [-0.39, 0.29) is 12.5 Å². The van der Waals surface area contributed by atoms with E-state index in [0.29, 0.717) is 6.61 Å². The number of carbonyl (C=O) groups is 1. The third-order valence-electron chi connectivity index (χ3n) is 2.82. The Kier molecular flexibility index (Phi) is 7.11. The topological polar surface area (TPSA) is 46.5 Å². The van der Waals surface area contributed by atoms with Crippen LogP contribution in [0.25, 0.3) is 0 Å². The first kappa shape index (κ1) is 14.7. The number of hydrogen-bond donors (Lipinski definition) is 1. The summed E-state index contributed by atoms with van der Waals surface area (Å²) in [5, 5.41) is 8.57. The van der Waals surface area contributed by atoms with Crippen LogP contribution in [0.15, 0.2) is 30.3 Å². The van der Waals surface area contributed by atoms with Crippen LogP contribution in [0.4, 0.5) is 0 Å². The molecule has 0 aliphatic carbocycles. The largest absolute Gasteiger partial charge is 0.481 e. The zero-order valence-electron chi connectivity index (χ0n) is 11.0. The average Bonchev–Trinajstić information content (AvgIpc) is 2.34. The quantitative estimate of drug-likeness (QED) is 0.684. The predicted molar refractivity (Wildman–Crippen MR) is 71.7 cm³/mol. The summed E-state index contributed by atoms with van der Waals surface area (Å²) in [6.07, 6.45) is 4.28. The molecule has 0 spiro atoms. The van der Waals surface area contributed by atoms with Gasteiger partial charge in [0.25, 0.3) is 0 Å². The second-order valence-electron chi connectivity index (χ2n) is 4.58. The van der Waals surface area contributed by atoms with Crippen LogP contribution in [0.2, 0.25) is 0 Å². The number of unbranched alkanes of at least 4 members (excludes halogenated alkanes) is 2. The van der Waals surface area contributed by atoms with E-state index in [2.05, 4.69) is 24.3 Å². The van der Waals surface area contributed by atoms with Crippen LogP contribution < -0.4 is 0 Å². The minimum atomic E-state index is -0.799. The predicted octanol–water partition coefficient (Wildman–Crippen LogP) is 3.28. The Labute approximate surface area is 109 Å². The SMILES string of the molecule is CC(CC(=O)O)OCCCCCc1ccccc1. The first-order chi connectivity index (χ1) is 8.68. The Hall–Kier alpha value is -1.35. The van der Waals surface area contributed by atoms with Gasteiger partial charge in [-0.2, -0.15) is 0 Å². The number of benzene rings is 1. The summed E-state index contributed by atoms with van der Waals surface area (Å²) >= 11 is 0. The van der Waals surface area contributed by atoms with Crippen LogP contribution in [0.1, 0.15) is 38.2 Å². The maximum Gasteiger partial charge on any atom is 0.305 e. The molecule has 1 atom stereocenters. The van der Waals surface area contributed by atoms with Gasteiger partial charge in [0.15, 0.2) is 0 Å². The summed E-state index contributed by atoms with van der Waals surface area (Å²) in [4.78, 5) is 10.4. The minimum absolute atomic E-state index is 0.0873. The maximum atomic E-state index is 10.4. The van der Waals surface area contributed by atoms with Crippen LogP contribution in [0.5, 0.6) is 0 Å². The molecule has 100 valence electrons. The van der Waals surface area contributed by atoms with Crippen molar-refractivity contribution in [1.82, 2.24) is 0 Å². The molecule has 1 aromatic rings. The molecule has 1 unspecified atom stereocenters. The Morgan fingerprint density at radius 2 is 1.94 bits per heavy atom. The molecule has 0 aromatic heterocycles. The molecule has 0 fully saturated rings. The number of aliphatic carboxylic acids is 1. The van der Waals surface area contributed by atoms with Crippen molar-refractivity contribution in [3.63, 3.8) is 0 Å². The van der Waals surface area contributed by atoms with Gasteiger partial charge >= 0.3 is 5.97 Å². The molecule has 1 rings (SSSR count). The number of ether oxygens (including phenoxy) is 1. The fraction of sp³-hybridized carbons (Fsp3) is 0.533. The Morgan fingerprint density at radius 1 is 1.22 bits per heavy atom. The van der Waals surface area contributed by atoms with Gasteiger partial charge in [0, 0.05) is 6.61 Å². The molecular weight excluding hydrogens is 228 g/mol. The standard InChI is InChI=1S/C15H22O3/c1-13(12-15(16)17)18-11-7-3-6-10-14-8-4-2-5-9-14/h2,4-5,8-9,13H,3,6-7,10-12H2,1H3,(H,16,17). The van der Waals surface area contributed by atoms with Gasteiger partial charge in [0.05, 0.1) is 12.5 Å². The van der Waals surface area contributed by atoms with Gasteiger partial charge in [-0.05, 0) is 31.7 Å². The lowest BCUT2D eigenvalue weighted by Crippen LogP contribution is -2.14. The van der Waals surface area contributed by atoms with Crippen molar-refractivity contribution in [2.24, 2.45) is 0 Å². The van der Waals surface area contributed by atoms with E-state index < -0.39 is 5.97 Å². The zero-order valence-corrected chi connectivity index (χ0v) is 11.0. The molecule has 0 heterocycles. The molecule has 0 saturated carbocycles. The minimum Gasteiger partial charge on any atom is -0.481 e. The monoisotopic (exact) mass is 250 g/mol. The fourth-order valence-corrected chi connectivity index (χ4v) is 1.84. The smallest absolute Gasteiger partial charge is 0.305 e. The maximum absolute atomic E-state index is 10.4. The molecule has 0 aliphatic rings. The highest BCUT2D eigenvalue weighted by Gasteiger charge is 2.06. The first-order valence-corrected chi connectivity index (χ1v) is 6.56. The Balaban J connectivity index is 1.97. The molecule has 0 aliphatic heterocycles. The van der Waals surface area contributed by atoms with Crippen molar-refractivity contribution in [3.8, 4) is 0 Å². The van der Waals surface area contributed by atoms with Crippen molar-refractivity contribution < 1.29 is 14.6 Å². The van der Waals surface area contributed by atoms with Gasteiger partial charge in [0.1, 0.15) is 0 Å². The van der Waals surface area contributed by atoms with Crippen molar-refractivity contribution in [1.29, 1.82) is 0 Å². The third-order valence-corrected chi connectivity index (χ3v) is 2.82. The number of hydrogen-bond acceptors (Lipinski definition) is 2. The van der Waals surface area contributed by atoms with Crippen LogP contribution in [-0.2, 0) is 16.0 Å². The van der Waals surface area contributed by atoms with Gasteiger partial charge in [-0.15, -0.1) is 0 Å². The van der Waals surface area contributed by atoms with Crippen LogP contribution in [0, 0.1) is 0 Å². The summed E-state index contributed by atoms with van der Waals surface area (Å²) in [6, 6.07) is 10.4. The molecule has 0 amide bonds. The lowest BCUT2D eigenvalue weighted by Gasteiger charge is -2.10. The van der Waals surface area contributed by atoms with Gasteiger partial charge in [-0.1, -0.05) is 36.8 Å². The lowest BCUT2D eigenvalue weighted by atomic mass is 10.1. The molecule has 3 heteroatoms.